The molecule has 0 saturated heterocycles. The first-order valence-electron chi connectivity index (χ1n) is 7.82. The fourth-order valence-electron chi connectivity index (χ4n) is 3.88. The van der Waals surface area contributed by atoms with E-state index in [2.05, 4.69) is 20.8 Å². The quantitative estimate of drug-likeness (QED) is 0.857. The van der Waals surface area contributed by atoms with Crippen LogP contribution in [0.4, 0.5) is 4.39 Å². The second-order valence-electron chi connectivity index (χ2n) is 6.95. The zero-order valence-electron chi connectivity index (χ0n) is 12.9. The lowest BCUT2D eigenvalue weighted by atomic mass is 9.66. The van der Waals surface area contributed by atoms with Crippen LogP contribution in [0.15, 0.2) is 28.7 Å². The van der Waals surface area contributed by atoms with E-state index in [0.29, 0.717) is 29.6 Å². The van der Waals surface area contributed by atoms with E-state index in [9.17, 15) is 9.50 Å². The Hall–Kier alpha value is -1.35. The molecule has 1 aromatic heterocycles. The van der Waals surface area contributed by atoms with E-state index in [0.717, 1.165) is 18.2 Å². The van der Waals surface area contributed by atoms with Crippen molar-refractivity contribution >= 4 is 11.0 Å². The minimum atomic E-state index is -0.943. The van der Waals surface area contributed by atoms with Crippen molar-refractivity contribution in [3.05, 3.63) is 35.8 Å². The van der Waals surface area contributed by atoms with Crippen molar-refractivity contribution in [2.75, 3.05) is 0 Å². The third kappa shape index (κ3) is 2.48. The van der Waals surface area contributed by atoms with E-state index in [1.165, 1.54) is 12.1 Å². The molecular weight excluding hydrogens is 267 g/mol. The maximum atomic E-state index is 13.3. The predicted molar refractivity (Wildman–Crippen MR) is 81.4 cm³/mol. The van der Waals surface area contributed by atoms with Crippen LogP contribution in [0.1, 0.15) is 45.8 Å². The van der Waals surface area contributed by atoms with E-state index in [4.69, 9.17) is 4.42 Å². The van der Waals surface area contributed by atoms with E-state index < -0.39 is 5.60 Å². The zero-order valence-corrected chi connectivity index (χ0v) is 12.9. The van der Waals surface area contributed by atoms with Gasteiger partial charge < -0.3 is 9.52 Å². The summed E-state index contributed by atoms with van der Waals surface area (Å²) in [7, 11) is 0. The Morgan fingerprint density at radius 1 is 1.29 bits per heavy atom. The molecule has 1 heterocycles. The van der Waals surface area contributed by atoms with Gasteiger partial charge in [-0.2, -0.15) is 0 Å². The van der Waals surface area contributed by atoms with Crippen molar-refractivity contribution in [1.29, 1.82) is 0 Å². The lowest BCUT2D eigenvalue weighted by molar-refractivity contribution is -0.0998. The molecule has 2 aromatic rings. The van der Waals surface area contributed by atoms with Gasteiger partial charge in [-0.05, 0) is 54.9 Å². The summed E-state index contributed by atoms with van der Waals surface area (Å²) in [5.41, 5.74) is -0.304. The van der Waals surface area contributed by atoms with E-state index in [1.54, 1.807) is 6.07 Å². The summed E-state index contributed by atoms with van der Waals surface area (Å²) in [5.74, 6) is 1.34. The summed E-state index contributed by atoms with van der Waals surface area (Å²) >= 11 is 0. The molecule has 3 atom stereocenters. The monoisotopic (exact) mass is 290 g/mol. The summed E-state index contributed by atoms with van der Waals surface area (Å²) < 4.78 is 19.2. The minimum absolute atomic E-state index is 0.180. The maximum Gasteiger partial charge on any atom is 0.137 e. The van der Waals surface area contributed by atoms with E-state index in [-0.39, 0.29) is 11.7 Å². The van der Waals surface area contributed by atoms with Gasteiger partial charge in [-0.1, -0.05) is 27.2 Å². The van der Waals surface area contributed by atoms with Crippen molar-refractivity contribution in [1.82, 2.24) is 0 Å². The normalized spacial score (nSPS) is 30.2. The molecule has 3 unspecified atom stereocenters. The van der Waals surface area contributed by atoms with Gasteiger partial charge in [-0.3, -0.25) is 0 Å². The summed E-state index contributed by atoms with van der Waals surface area (Å²) in [4.78, 5) is 0. The van der Waals surface area contributed by atoms with Gasteiger partial charge in [0.25, 0.3) is 0 Å². The van der Waals surface area contributed by atoms with Crippen LogP contribution in [0.5, 0.6) is 0 Å². The molecule has 114 valence electrons. The molecule has 1 saturated carbocycles. The predicted octanol–water partition coefficient (Wildman–Crippen LogP) is 4.85. The number of aliphatic hydroxyl groups is 1. The van der Waals surface area contributed by atoms with Crippen LogP contribution >= 0.6 is 0 Å². The van der Waals surface area contributed by atoms with Crippen LogP contribution < -0.4 is 0 Å². The molecule has 1 aliphatic carbocycles. The Morgan fingerprint density at radius 3 is 2.76 bits per heavy atom. The van der Waals surface area contributed by atoms with E-state index in [1.807, 2.05) is 6.07 Å². The summed E-state index contributed by atoms with van der Waals surface area (Å²) in [6, 6.07) is 6.30. The van der Waals surface area contributed by atoms with Gasteiger partial charge in [-0.25, -0.2) is 4.39 Å². The summed E-state index contributed by atoms with van der Waals surface area (Å²) in [6.45, 7) is 6.46. The molecule has 1 aliphatic rings. The molecule has 0 spiro atoms. The highest BCUT2D eigenvalue weighted by Gasteiger charge is 2.46. The highest BCUT2D eigenvalue weighted by molar-refractivity contribution is 5.78. The molecule has 21 heavy (non-hydrogen) atoms. The number of furan rings is 1. The van der Waals surface area contributed by atoms with E-state index >= 15 is 0 Å². The first-order valence-corrected chi connectivity index (χ1v) is 7.82. The molecule has 3 rings (SSSR count). The first kappa shape index (κ1) is 14.6. The number of halogens is 1. The molecule has 1 fully saturated rings. The topological polar surface area (TPSA) is 33.4 Å². The van der Waals surface area contributed by atoms with Gasteiger partial charge in [0.05, 0.1) is 0 Å². The Kier molecular flexibility index (Phi) is 3.56. The minimum Gasteiger partial charge on any atom is -0.458 e. The van der Waals surface area contributed by atoms with Gasteiger partial charge in [0.15, 0.2) is 0 Å². The molecule has 3 heteroatoms. The number of hydrogen-bond donors (Lipinski definition) is 1. The average molecular weight is 290 g/mol. The van der Waals surface area contributed by atoms with Gasteiger partial charge in [0.1, 0.15) is 22.8 Å². The first-order chi connectivity index (χ1) is 9.90. The third-order valence-electron chi connectivity index (χ3n) is 4.95. The molecule has 0 radical (unpaired) electrons. The number of benzene rings is 1. The lowest BCUT2D eigenvalue weighted by Crippen LogP contribution is -2.42. The Morgan fingerprint density at radius 2 is 2.05 bits per heavy atom. The van der Waals surface area contributed by atoms with Gasteiger partial charge in [0.2, 0.25) is 0 Å². The number of hydrogen-bond acceptors (Lipinski definition) is 2. The van der Waals surface area contributed by atoms with Crippen LogP contribution in [0.3, 0.4) is 0 Å². The van der Waals surface area contributed by atoms with Crippen LogP contribution in [0, 0.1) is 23.6 Å². The molecule has 0 bridgehead atoms. The Labute approximate surface area is 125 Å². The zero-order chi connectivity index (χ0) is 15.2. The Bertz CT molecular complexity index is 646. The van der Waals surface area contributed by atoms with Gasteiger partial charge >= 0.3 is 0 Å². The molecular formula is C18H23FO2. The molecule has 1 N–H and O–H groups in total. The molecule has 2 nitrogen and oxygen atoms in total. The highest BCUT2D eigenvalue weighted by atomic mass is 19.1. The van der Waals surface area contributed by atoms with Gasteiger partial charge in [0, 0.05) is 5.39 Å². The van der Waals surface area contributed by atoms with Crippen LogP contribution in [-0.4, -0.2) is 5.11 Å². The largest absolute Gasteiger partial charge is 0.458 e. The lowest BCUT2D eigenvalue weighted by Gasteiger charge is -2.43. The van der Waals surface area contributed by atoms with Gasteiger partial charge in [-0.15, -0.1) is 0 Å². The Balaban J connectivity index is 2.07. The molecule has 0 aliphatic heterocycles. The second-order valence-corrected chi connectivity index (χ2v) is 6.95. The van der Waals surface area contributed by atoms with Crippen LogP contribution in [0.2, 0.25) is 0 Å². The van der Waals surface area contributed by atoms with Crippen molar-refractivity contribution in [3.8, 4) is 0 Å². The summed E-state index contributed by atoms with van der Waals surface area (Å²) in [5, 5.41) is 12.0. The van der Waals surface area contributed by atoms with Crippen molar-refractivity contribution in [3.63, 3.8) is 0 Å². The standard InChI is InChI=1S/C18H23FO2/c1-11(2)15-6-4-12(3)10-18(15,20)17-9-13-8-14(19)5-7-16(13)21-17/h5,7-9,11-12,15,20H,4,6,10H2,1-3H3. The second kappa shape index (κ2) is 5.13. The highest BCUT2D eigenvalue weighted by Crippen LogP contribution is 2.48. The smallest absolute Gasteiger partial charge is 0.137 e. The van der Waals surface area contributed by atoms with Crippen molar-refractivity contribution in [2.24, 2.45) is 17.8 Å². The molecule has 1 aromatic carbocycles. The maximum absolute atomic E-state index is 13.3. The van der Waals surface area contributed by atoms with Crippen molar-refractivity contribution in [2.45, 2.75) is 45.6 Å². The SMILES string of the molecule is CC1CCC(C(C)C)C(O)(c2cc3cc(F)ccc3o2)C1. The molecule has 0 amide bonds. The fourth-order valence-corrected chi connectivity index (χ4v) is 3.88. The van der Waals surface area contributed by atoms with Crippen LogP contribution in [0.25, 0.3) is 11.0 Å². The average Bonchev–Trinajstić information content (AvgIpc) is 2.81. The fraction of sp³-hybridized carbons (Fsp3) is 0.556. The number of fused-ring (bicyclic) bond motifs is 1. The number of rotatable bonds is 2. The summed E-state index contributed by atoms with van der Waals surface area (Å²) in [6.07, 6.45) is 2.85. The van der Waals surface area contributed by atoms with Crippen LogP contribution in [-0.2, 0) is 5.60 Å². The third-order valence-corrected chi connectivity index (χ3v) is 4.95. The van der Waals surface area contributed by atoms with Crippen molar-refractivity contribution < 1.29 is 13.9 Å².